The lowest BCUT2D eigenvalue weighted by atomic mass is 9.97. The van der Waals surface area contributed by atoms with Gasteiger partial charge in [-0.25, -0.2) is 0 Å². The van der Waals surface area contributed by atoms with Gasteiger partial charge in [-0.3, -0.25) is 9.78 Å². The number of rotatable bonds is 5. The molecule has 27 heavy (non-hydrogen) atoms. The first-order valence-corrected chi connectivity index (χ1v) is 9.88. The molecular formula is C22H27N3O2. The number of ether oxygens (including phenoxy) is 1. The molecule has 0 radical (unpaired) electrons. The zero-order valence-corrected chi connectivity index (χ0v) is 15.7. The summed E-state index contributed by atoms with van der Waals surface area (Å²) < 4.78 is 8.39. The maximum atomic E-state index is 13.0. The fourth-order valence-corrected chi connectivity index (χ4v) is 3.92. The number of aromatic nitrogens is 2. The number of amides is 1. The highest BCUT2D eigenvalue weighted by Crippen LogP contribution is 2.23. The van der Waals surface area contributed by atoms with Crippen LogP contribution in [0.2, 0.25) is 0 Å². The molecule has 5 heteroatoms. The molecule has 0 spiro atoms. The highest BCUT2D eigenvalue weighted by Gasteiger charge is 2.26. The van der Waals surface area contributed by atoms with Crippen molar-refractivity contribution in [3.63, 3.8) is 0 Å². The van der Waals surface area contributed by atoms with Crippen LogP contribution >= 0.6 is 0 Å². The molecule has 5 nitrogen and oxygen atoms in total. The molecule has 0 N–H and O–H groups in total. The molecule has 2 aromatic heterocycles. The van der Waals surface area contributed by atoms with Crippen LogP contribution in [0.1, 0.15) is 43.4 Å². The summed E-state index contributed by atoms with van der Waals surface area (Å²) in [5, 5.41) is 0. The SMILES string of the molecule is O=C(CC1=CCCCC1)N1Cc2cccn2C[C@H](OCc2cccnc2)C1. The number of carbonyl (C=O) groups is 1. The number of allylic oxidation sites excluding steroid dienone is 1. The van der Waals surface area contributed by atoms with Gasteiger partial charge in [0.2, 0.25) is 5.91 Å². The second kappa shape index (κ2) is 8.53. The largest absolute Gasteiger partial charge is 0.370 e. The maximum absolute atomic E-state index is 13.0. The Hall–Kier alpha value is -2.40. The maximum Gasteiger partial charge on any atom is 0.227 e. The highest BCUT2D eigenvalue weighted by atomic mass is 16.5. The lowest BCUT2D eigenvalue weighted by molar-refractivity contribution is -0.133. The molecule has 4 rings (SSSR count). The Bertz CT molecular complexity index is 797. The molecular weight excluding hydrogens is 338 g/mol. The zero-order valence-electron chi connectivity index (χ0n) is 15.7. The summed E-state index contributed by atoms with van der Waals surface area (Å²) in [6, 6.07) is 8.08. The van der Waals surface area contributed by atoms with Crippen LogP contribution < -0.4 is 0 Å². The number of carbonyl (C=O) groups excluding carboxylic acids is 1. The second-order valence-electron chi connectivity index (χ2n) is 7.51. The van der Waals surface area contributed by atoms with Gasteiger partial charge in [-0.1, -0.05) is 17.7 Å². The smallest absolute Gasteiger partial charge is 0.227 e. The molecule has 0 aromatic carbocycles. The van der Waals surface area contributed by atoms with Crippen LogP contribution in [0.3, 0.4) is 0 Å². The summed E-state index contributed by atoms with van der Waals surface area (Å²) in [5.74, 6) is 0.216. The van der Waals surface area contributed by atoms with Crippen molar-refractivity contribution in [1.82, 2.24) is 14.5 Å². The fourth-order valence-electron chi connectivity index (χ4n) is 3.92. The van der Waals surface area contributed by atoms with Gasteiger partial charge in [-0.2, -0.15) is 0 Å². The first kappa shape index (κ1) is 18.0. The summed E-state index contributed by atoms with van der Waals surface area (Å²) in [6.45, 7) is 2.58. The first-order valence-electron chi connectivity index (χ1n) is 9.88. The summed E-state index contributed by atoms with van der Waals surface area (Å²) in [4.78, 5) is 19.1. The van der Waals surface area contributed by atoms with E-state index < -0.39 is 0 Å². The summed E-state index contributed by atoms with van der Waals surface area (Å²) in [6.07, 6.45) is 13.1. The molecule has 0 bridgehead atoms. The Morgan fingerprint density at radius 2 is 2.19 bits per heavy atom. The van der Waals surface area contributed by atoms with Gasteiger partial charge in [-0.05, 0) is 49.4 Å². The number of fused-ring (bicyclic) bond motifs is 1. The van der Waals surface area contributed by atoms with E-state index in [0.717, 1.165) is 24.9 Å². The van der Waals surface area contributed by atoms with Gasteiger partial charge in [0.25, 0.3) is 0 Å². The van der Waals surface area contributed by atoms with Gasteiger partial charge in [-0.15, -0.1) is 0 Å². The number of pyridine rings is 1. The van der Waals surface area contributed by atoms with Gasteiger partial charge in [0.05, 0.1) is 25.8 Å². The summed E-state index contributed by atoms with van der Waals surface area (Å²) in [5.41, 5.74) is 3.53. The van der Waals surface area contributed by atoms with Gasteiger partial charge < -0.3 is 14.2 Å². The minimum absolute atomic E-state index is 0.0249. The van der Waals surface area contributed by atoms with Crippen LogP contribution in [-0.2, 0) is 29.2 Å². The van der Waals surface area contributed by atoms with Gasteiger partial charge >= 0.3 is 0 Å². The Kier molecular flexibility index (Phi) is 5.68. The zero-order chi connectivity index (χ0) is 18.5. The minimum atomic E-state index is -0.0249. The third-order valence-corrected chi connectivity index (χ3v) is 5.43. The van der Waals surface area contributed by atoms with Crippen LogP contribution in [-0.4, -0.2) is 33.0 Å². The van der Waals surface area contributed by atoms with Crippen LogP contribution in [0.5, 0.6) is 0 Å². The van der Waals surface area contributed by atoms with E-state index in [4.69, 9.17) is 4.74 Å². The van der Waals surface area contributed by atoms with Crippen molar-refractivity contribution < 1.29 is 9.53 Å². The Labute approximate surface area is 160 Å². The Balaban J connectivity index is 1.44. The third kappa shape index (κ3) is 4.66. The Morgan fingerprint density at radius 3 is 3.00 bits per heavy atom. The van der Waals surface area contributed by atoms with Crippen molar-refractivity contribution >= 4 is 5.91 Å². The number of hydrogen-bond donors (Lipinski definition) is 0. The highest BCUT2D eigenvalue weighted by molar-refractivity contribution is 5.78. The molecule has 3 heterocycles. The molecule has 142 valence electrons. The third-order valence-electron chi connectivity index (χ3n) is 5.43. The van der Waals surface area contributed by atoms with E-state index in [-0.39, 0.29) is 12.0 Å². The molecule has 0 fully saturated rings. The second-order valence-corrected chi connectivity index (χ2v) is 7.51. The standard InChI is InChI=1S/C22H27N3O2/c26-22(12-18-6-2-1-3-7-18)25-14-20-9-5-11-24(20)15-21(16-25)27-17-19-8-4-10-23-13-19/h4-6,8-11,13,21H,1-3,7,12,14-17H2/t21-/m0/s1. The molecule has 1 amide bonds. The Morgan fingerprint density at radius 1 is 1.22 bits per heavy atom. The van der Waals surface area contributed by atoms with Crippen molar-refractivity contribution in [2.45, 2.75) is 57.9 Å². The molecule has 0 saturated carbocycles. The predicted octanol–water partition coefficient (Wildman–Crippen LogP) is 3.70. The monoisotopic (exact) mass is 365 g/mol. The predicted molar refractivity (Wildman–Crippen MR) is 104 cm³/mol. The summed E-state index contributed by atoms with van der Waals surface area (Å²) >= 11 is 0. The van der Waals surface area contributed by atoms with Crippen molar-refractivity contribution in [1.29, 1.82) is 0 Å². The van der Waals surface area contributed by atoms with Crippen molar-refractivity contribution in [3.05, 3.63) is 65.8 Å². The molecule has 0 unspecified atom stereocenters. The molecule has 0 saturated heterocycles. The van der Waals surface area contributed by atoms with Crippen LogP contribution in [0.4, 0.5) is 0 Å². The average Bonchev–Trinajstić information content (AvgIpc) is 3.06. The van der Waals surface area contributed by atoms with E-state index in [2.05, 4.69) is 27.9 Å². The van der Waals surface area contributed by atoms with E-state index in [1.807, 2.05) is 29.3 Å². The van der Waals surface area contributed by atoms with Crippen molar-refractivity contribution in [3.8, 4) is 0 Å². The average molecular weight is 365 g/mol. The topological polar surface area (TPSA) is 47.4 Å². The molecule has 1 atom stereocenters. The molecule has 2 aromatic rings. The number of hydrogen-bond acceptors (Lipinski definition) is 3. The lowest BCUT2D eigenvalue weighted by Crippen LogP contribution is -2.37. The van der Waals surface area contributed by atoms with Crippen molar-refractivity contribution in [2.75, 3.05) is 6.54 Å². The van der Waals surface area contributed by atoms with E-state index in [1.54, 1.807) is 6.20 Å². The number of nitrogens with zero attached hydrogens (tertiary/aromatic N) is 3. The molecule has 1 aliphatic heterocycles. The normalized spacial score (nSPS) is 19.9. The quantitative estimate of drug-likeness (QED) is 0.759. The summed E-state index contributed by atoms with van der Waals surface area (Å²) in [7, 11) is 0. The van der Waals surface area contributed by atoms with E-state index in [1.165, 1.54) is 24.1 Å². The van der Waals surface area contributed by atoms with E-state index in [9.17, 15) is 4.79 Å². The molecule has 1 aliphatic carbocycles. The van der Waals surface area contributed by atoms with Gasteiger partial charge in [0, 0.05) is 37.3 Å². The van der Waals surface area contributed by atoms with E-state index in [0.29, 0.717) is 26.1 Å². The van der Waals surface area contributed by atoms with Crippen molar-refractivity contribution in [2.24, 2.45) is 0 Å². The lowest BCUT2D eigenvalue weighted by Gasteiger charge is -2.25. The van der Waals surface area contributed by atoms with E-state index >= 15 is 0 Å². The fraction of sp³-hybridized carbons (Fsp3) is 0.455. The van der Waals surface area contributed by atoms with Crippen LogP contribution in [0.15, 0.2) is 54.5 Å². The van der Waals surface area contributed by atoms with Gasteiger partial charge in [0.1, 0.15) is 0 Å². The molecule has 2 aliphatic rings. The van der Waals surface area contributed by atoms with Gasteiger partial charge in [0.15, 0.2) is 0 Å². The minimum Gasteiger partial charge on any atom is -0.370 e. The van der Waals surface area contributed by atoms with Crippen LogP contribution in [0.25, 0.3) is 0 Å². The first-order chi connectivity index (χ1) is 13.3. The van der Waals surface area contributed by atoms with Crippen LogP contribution in [0, 0.1) is 0 Å².